The molecule has 5 rings (SSSR count). The van der Waals surface area contributed by atoms with Gasteiger partial charge in [0.2, 0.25) is 17.7 Å². The molecule has 0 saturated carbocycles. The number of amides is 3. The molecule has 2 aromatic heterocycles. The van der Waals surface area contributed by atoms with E-state index in [9.17, 15) is 19.5 Å². The molecule has 2 heterocycles. The maximum Gasteiger partial charge on any atom is 0.243 e. The lowest BCUT2D eigenvalue weighted by atomic mass is 10.0. The van der Waals surface area contributed by atoms with Crippen LogP contribution in [0.1, 0.15) is 42.4 Å². The van der Waals surface area contributed by atoms with Crippen molar-refractivity contribution in [3.8, 4) is 5.75 Å². The third kappa shape index (κ3) is 10.2. The van der Waals surface area contributed by atoms with Crippen LogP contribution in [0.25, 0.3) is 21.8 Å². The maximum absolute atomic E-state index is 14.1. The Morgan fingerprint density at radius 3 is 1.90 bits per heavy atom. The summed E-state index contributed by atoms with van der Waals surface area (Å²) >= 11 is 0. The van der Waals surface area contributed by atoms with Crippen LogP contribution in [0, 0.1) is 0 Å². The van der Waals surface area contributed by atoms with Gasteiger partial charge in [-0.25, -0.2) is 0 Å². The van der Waals surface area contributed by atoms with Crippen molar-refractivity contribution in [3.63, 3.8) is 0 Å². The molecule has 5 aromatic rings. The van der Waals surface area contributed by atoms with Crippen LogP contribution in [0.5, 0.6) is 5.75 Å². The lowest BCUT2D eigenvalue weighted by Gasteiger charge is -2.23. The first kappa shape index (κ1) is 35.2. The second-order valence-corrected chi connectivity index (χ2v) is 12.4. The topological polar surface area (TPSA) is 177 Å². The van der Waals surface area contributed by atoms with E-state index in [0.29, 0.717) is 19.5 Å². The van der Waals surface area contributed by atoms with Crippen LogP contribution in [-0.2, 0) is 33.6 Å². The van der Waals surface area contributed by atoms with E-state index in [0.717, 1.165) is 70.8 Å². The number of carbonyl (C=O) groups excluding carboxylic acids is 3. The molecule has 0 radical (unpaired) electrons. The van der Waals surface area contributed by atoms with Gasteiger partial charge in [0.05, 0.1) is 0 Å². The number of rotatable bonds is 19. The van der Waals surface area contributed by atoms with E-state index in [1.54, 1.807) is 24.3 Å². The smallest absolute Gasteiger partial charge is 0.243 e. The summed E-state index contributed by atoms with van der Waals surface area (Å²) in [5.74, 6) is -0.845. The van der Waals surface area contributed by atoms with Gasteiger partial charge >= 0.3 is 0 Å². The fraction of sp³-hybridized carbons (Fsp3) is 0.342. The van der Waals surface area contributed by atoms with Crippen LogP contribution in [0.2, 0.25) is 0 Å². The number of nitrogens with one attached hydrogen (secondary N) is 6. The Bertz CT molecular complexity index is 1810. The van der Waals surface area contributed by atoms with Crippen molar-refractivity contribution in [1.29, 1.82) is 0 Å². The van der Waals surface area contributed by atoms with Crippen molar-refractivity contribution < 1.29 is 19.5 Å². The van der Waals surface area contributed by atoms with E-state index < -0.39 is 18.0 Å². The summed E-state index contributed by atoms with van der Waals surface area (Å²) in [5.41, 5.74) is 10.1. The number of unbranched alkanes of at least 4 members (excludes halogenated alkanes) is 1. The minimum Gasteiger partial charge on any atom is -0.508 e. The lowest BCUT2D eigenvalue weighted by molar-refractivity contribution is -0.132. The Morgan fingerprint density at radius 1 is 0.694 bits per heavy atom. The Balaban J connectivity index is 1.30. The van der Waals surface area contributed by atoms with E-state index in [4.69, 9.17) is 5.73 Å². The number of benzene rings is 3. The average molecular weight is 666 g/mol. The number of hydrogen-bond acceptors (Lipinski definition) is 6. The summed E-state index contributed by atoms with van der Waals surface area (Å²) in [7, 11) is 0. The largest absolute Gasteiger partial charge is 0.508 e. The minimum absolute atomic E-state index is 0.156. The molecular formula is C38H47N7O4. The molecule has 49 heavy (non-hydrogen) atoms. The third-order valence-electron chi connectivity index (χ3n) is 8.70. The number of aromatic amines is 2. The molecule has 11 heteroatoms. The standard InChI is InChI=1S/C38H47N7O4/c39-18-7-20-40-19-5-6-21-41-37(48)34(22-27-24-42-32-10-3-1-8-30(27)32)45-38(49)35(23-28-25-43-33-11-4-2-9-31(28)33)44-36(47)17-14-26-12-15-29(46)16-13-26/h1-4,8-13,15-16,24-25,34-35,40,42-43,46H,5-7,14,17-23,39H2,(H,41,48)(H,44,47)(H,45,49). The number of H-pyrrole nitrogens is 2. The summed E-state index contributed by atoms with van der Waals surface area (Å²) in [6.45, 7) is 2.84. The van der Waals surface area contributed by atoms with Gasteiger partial charge in [0.25, 0.3) is 0 Å². The van der Waals surface area contributed by atoms with E-state index in [-0.39, 0.29) is 36.8 Å². The molecule has 9 N–H and O–H groups in total. The van der Waals surface area contributed by atoms with E-state index >= 15 is 0 Å². The molecule has 0 aliphatic carbocycles. The highest BCUT2D eigenvalue weighted by Crippen LogP contribution is 2.21. The molecule has 0 bridgehead atoms. The van der Waals surface area contributed by atoms with Gasteiger partial charge in [-0.15, -0.1) is 0 Å². The first-order valence-corrected chi connectivity index (χ1v) is 17.1. The number of fused-ring (bicyclic) bond motifs is 2. The van der Waals surface area contributed by atoms with Crippen molar-refractivity contribution in [3.05, 3.63) is 102 Å². The highest BCUT2D eigenvalue weighted by molar-refractivity contribution is 5.94. The fourth-order valence-electron chi connectivity index (χ4n) is 5.98. The third-order valence-corrected chi connectivity index (χ3v) is 8.70. The summed E-state index contributed by atoms with van der Waals surface area (Å²) in [6, 6.07) is 20.6. The molecule has 3 aromatic carbocycles. The Hall–Kier alpha value is -5.13. The van der Waals surface area contributed by atoms with Crippen LogP contribution >= 0.6 is 0 Å². The number of carbonyl (C=O) groups is 3. The first-order chi connectivity index (χ1) is 23.9. The normalized spacial score (nSPS) is 12.5. The van der Waals surface area contributed by atoms with Crippen molar-refractivity contribution in [2.75, 3.05) is 26.2 Å². The van der Waals surface area contributed by atoms with Crippen molar-refractivity contribution in [2.24, 2.45) is 5.73 Å². The van der Waals surface area contributed by atoms with Gasteiger partial charge in [-0.3, -0.25) is 14.4 Å². The van der Waals surface area contributed by atoms with Gasteiger partial charge in [-0.1, -0.05) is 48.5 Å². The van der Waals surface area contributed by atoms with Crippen molar-refractivity contribution in [1.82, 2.24) is 31.2 Å². The molecule has 3 amide bonds. The molecule has 2 unspecified atom stereocenters. The van der Waals surface area contributed by atoms with Gasteiger partial charge in [0, 0.05) is 60.0 Å². The SMILES string of the molecule is NCCCNCCCCNC(=O)C(Cc1c[nH]c2ccccc12)NC(=O)C(Cc1c[nH]c2ccccc12)NC(=O)CCc1ccc(O)cc1. The predicted molar refractivity (Wildman–Crippen MR) is 193 cm³/mol. The number of aromatic hydroxyl groups is 1. The van der Waals surface area contributed by atoms with E-state index in [1.807, 2.05) is 60.9 Å². The Morgan fingerprint density at radius 2 is 1.27 bits per heavy atom. The zero-order valence-electron chi connectivity index (χ0n) is 27.8. The molecule has 0 aliphatic rings. The summed E-state index contributed by atoms with van der Waals surface area (Å²) in [6.07, 6.45) is 7.45. The number of aryl methyl sites for hydroxylation is 1. The second-order valence-electron chi connectivity index (χ2n) is 12.4. The van der Waals surface area contributed by atoms with Crippen LogP contribution in [0.15, 0.2) is 85.2 Å². The number of para-hydroxylation sites is 2. The molecule has 0 fully saturated rings. The van der Waals surface area contributed by atoms with Gasteiger partial charge in [0.15, 0.2) is 0 Å². The zero-order valence-corrected chi connectivity index (χ0v) is 27.8. The number of phenols is 1. The molecule has 0 spiro atoms. The maximum atomic E-state index is 14.1. The van der Waals surface area contributed by atoms with Crippen LogP contribution in [0.4, 0.5) is 0 Å². The highest BCUT2D eigenvalue weighted by Gasteiger charge is 2.28. The molecule has 0 aliphatic heterocycles. The lowest BCUT2D eigenvalue weighted by Crippen LogP contribution is -2.55. The molecule has 11 nitrogen and oxygen atoms in total. The molecular weight excluding hydrogens is 618 g/mol. The minimum atomic E-state index is -0.926. The first-order valence-electron chi connectivity index (χ1n) is 17.1. The second kappa shape index (κ2) is 17.9. The molecule has 258 valence electrons. The van der Waals surface area contributed by atoms with Crippen molar-refractivity contribution >= 4 is 39.5 Å². The Kier molecular flexibility index (Phi) is 12.8. The summed E-state index contributed by atoms with van der Waals surface area (Å²) < 4.78 is 0. The quantitative estimate of drug-likeness (QED) is 0.0626. The monoisotopic (exact) mass is 665 g/mol. The highest BCUT2D eigenvalue weighted by atomic mass is 16.3. The van der Waals surface area contributed by atoms with Gasteiger partial charge in [-0.05, 0) is 86.3 Å². The van der Waals surface area contributed by atoms with Crippen LogP contribution in [-0.4, -0.2) is 71.1 Å². The molecule has 2 atom stereocenters. The van der Waals surface area contributed by atoms with E-state index in [1.165, 1.54) is 0 Å². The van der Waals surface area contributed by atoms with Crippen LogP contribution < -0.4 is 27.0 Å². The number of nitrogens with two attached hydrogens (primary N) is 1. The molecule has 0 saturated heterocycles. The zero-order chi connectivity index (χ0) is 34.4. The summed E-state index contributed by atoms with van der Waals surface area (Å²) in [5, 5.41) is 23.9. The van der Waals surface area contributed by atoms with Gasteiger partial charge < -0.3 is 42.1 Å². The predicted octanol–water partition coefficient (Wildman–Crippen LogP) is 3.58. The number of aromatic nitrogens is 2. The Labute approximate surface area is 286 Å². The average Bonchev–Trinajstić information content (AvgIpc) is 3.72. The van der Waals surface area contributed by atoms with E-state index in [2.05, 4.69) is 31.2 Å². The number of hydrogen-bond donors (Lipinski definition) is 8. The summed E-state index contributed by atoms with van der Waals surface area (Å²) in [4.78, 5) is 47.5. The van der Waals surface area contributed by atoms with Crippen LogP contribution in [0.3, 0.4) is 0 Å². The van der Waals surface area contributed by atoms with Gasteiger partial charge in [-0.2, -0.15) is 0 Å². The van der Waals surface area contributed by atoms with Gasteiger partial charge in [0.1, 0.15) is 17.8 Å². The van der Waals surface area contributed by atoms with Crippen molar-refractivity contribution in [2.45, 2.75) is 57.0 Å². The number of phenolic OH excluding ortho intramolecular Hbond substituents is 1. The fourth-order valence-corrected chi connectivity index (χ4v) is 5.98.